The molecule has 0 unspecified atom stereocenters. The second kappa shape index (κ2) is 10.3. The van der Waals surface area contributed by atoms with Crippen molar-refractivity contribution in [1.29, 1.82) is 0 Å². The first-order chi connectivity index (χ1) is 17.5. The van der Waals surface area contributed by atoms with Gasteiger partial charge in [-0.2, -0.15) is 0 Å². The fourth-order valence-electron chi connectivity index (χ4n) is 3.62. The molecule has 0 amide bonds. The summed E-state index contributed by atoms with van der Waals surface area (Å²) in [5.41, 5.74) is 10.4. The van der Waals surface area contributed by atoms with Crippen LogP contribution in [0.3, 0.4) is 0 Å². The van der Waals surface area contributed by atoms with Gasteiger partial charge < -0.3 is 15.8 Å². The number of hydrogen-bond acceptors (Lipinski definition) is 8. The Morgan fingerprint density at radius 3 is 2.42 bits per heavy atom. The SMILES string of the molecule is CC(C)c1ccc(Nc2nc(N)c(-c3nc(-c4ccccc4OC(=O)c4ccccc4)cs3)s2)cc1. The lowest BCUT2D eigenvalue weighted by molar-refractivity contribution is 0.0735. The Morgan fingerprint density at radius 2 is 1.67 bits per heavy atom. The van der Waals surface area contributed by atoms with E-state index >= 15 is 0 Å². The molecule has 5 aromatic rings. The molecule has 5 rings (SSSR count). The number of aromatic nitrogens is 2. The van der Waals surface area contributed by atoms with Gasteiger partial charge in [0.05, 0.1) is 11.3 Å². The van der Waals surface area contributed by atoms with Crippen molar-refractivity contribution in [3.8, 4) is 26.9 Å². The van der Waals surface area contributed by atoms with Gasteiger partial charge in [-0.1, -0.05) is 67.6 Å². The summed E-state index contributed by atoms with van der Waals surface area (Å²) in [7, 11) is 0. The molecule has 3 aromatic carbocycles. The van der Waals surface area contributed by atoms with E-state index in [1.807, 2.05) is 41.8 Å². The zero-order chi connectivity index (χ0) is 25.1. The highest BCUT2D eigenvalue weighted by Gasteiger charge is 2.18. The zero-order valence-electron chi connectivity index (χ0n) is 19.8. The summed E-state index contributed by atoms with van der Waals surface area (Å²) in [5, 5.41) is 6.72. The van der Waals surface area contributed by atoms with Gasteiger partial charge in [-0.3, -0.25) is 0 Å². The Hall–Kier alpha value is -4.01. The lowest BCUT2D eigenvalue weighted by Gasteiger charge is -2.08. The van der Waals surface area contributed by atoms with Gasteiger partial charge in [0, 0.05) is 16.6 Å². The van der Waals surface area contributed by atoms with E-state index < -0.39 is 5.97 Å². The van der Waals surface area contributed by atoms with E-state index in [0.717, 1.165) is 21.1 Å². The largest absolute Gasteiger partial charge is 0.422 e. The Bertz CT molecular complexity index is 1490. The van der Waals surface area contributed by atoms with Crippen molar-refractivity contribution in [1.82, 2.24) is 9.97 Å². The number of nitrogen functional groups attached to an aromatic ring is 1. The summed E-state index contributed by atoms with van der Waals surface area (Å²) in [4.78, 5) is 22.7. The summed E-state index contributed by atoms with van der Waals surface area (Å²) in [5.74, 6) is 0.938. The van der Waals surface area contributed by atoms with E-state index in [1.54, 1.807) is 30.3 Å². The number of nitrogens with one attached hydrogen (secondary N) is 1. The molecule has 0 fully saturated rings. The summed E-state index contributed by atoms with van der Waals surface area (Å²) in [6, 6.07) is 24.6. The minimum atomic E-state index is -0.414. The monoisotopic (exact) mass is 512 g/mol. The molecule has 0 aliphatic carbocycles. The highest BCUT2D eigenvalue weighted by Crippen LogP contribution is 2.40. The number of nitrogens with zero attached hydrogens (tertiary/aromatic N) is 2. The van der Waals surface area contributed by atoms with E-state index in [4.69, 9.17) is 15.5 Å². The average Bonchev–Trinajstić information content (AvgIpc) is 3.51. The number of carbonyl (C=O) groups is 1. The van der Waals surface area contributed by atoms with Crippen LogP contribution in [-0.4, -0.2) is 15.9 Å². The Balaban J connectivity index is 1.36. The molecule has 8 heteroatoms. The van der Waals surface area contributed by atoms with E-state index in [9.17, 15) is 4.79 Å². The third-order valence-corrected chi connectivity index (χ3v) is 7.54. The third-order valence-electron chi connectivity index (χ3n) is 5.56. The lowest BCUT2D eigenvalue weighted by atomic mass is 10.0. The van der Waals surface area contributed by atoms with Crippen molar-refractivity contribution in [2.75, 3.05) is 11.1 Å². The van der Waals surface area contributed by atoms with Gasteiger partial charge in [-0.15, -0.1) is 11.3 Å². The van der Waals surface area contributed by atoms with Gasteiger partial charge in [-0.05, 0) is 47.9 Å². The van der Waals surface area contributed by atoms with Gasteiger partial charge in [0.1, 0.15) is 21.5 Å². The van der Waals surface area contributed by atoms with Gasteiger partial charge in [0.15, 0.2) is 5.13 Å². The number of anilines is 3. The standard InChI is InChI=1S/C28H24N4O2S2/c1-17(2)18-12-14-20(15-13-18)30-28-32-25(29)24(36-28)26-31-22(16-35-26)21-10-6-7-11-23(21)34-27(33)19-8-4-3-5-9-19/h3-17H,29H2,1-2H3,(H,30,32). The topological polar surface area (TPSA) is 90.1 Å². The van der Waals surface area contributed by atoms with Crippen molar-refractivity contribution in [2.45, 2.75) is 19.8 Å². The highest BCUT2D eigenvalue weighted by atomic mass is 32.1. The molecule has 0 spiro atoms. The van der Waals surface area contributed by atoms with Crippen LogP contribution in [0.4, 0.5) is 16.6 Å². The summed E-state index contributed by atoms with van der Waals surface area (Å²) in [6.07, 6.45) is 0. The number of carbonyl (C=O) groups excluding carboxylic acids is 1. The lowest BCUT2D eigenvalue weighted by Crippen LogP contribution is -2.08. The highest BCUT2D eigenvalue weighted by molar-refractivity contribution is 7.23. The predicted molar refractivity (Wildman–Crippen MR) is 148 cm³/mol. The molecule has 180 valence electrons. The van der Waals surface area contributed by atoms with Crippen LogP contribution in [0.5, 0.6) is 5.75 Å². The van der Waals surface area contributed by atoms with Crippen LogP contribution in [0, 0.1) is 0 Å². The molecular weight excluding hydrogens is 488 g/mol. The zero-order valence-corrected chi connectivity index (χ0v) is 21.4. The molecule has 0 aliphatic rings. The maximum Gasteiger partial charge on any atom is 0.343 e. The van der Waals surface area contributed by atoms with Gasteiger partial charge >= 0.3 is 5.97 Å². The summed E-state index contributed by atoms with van der Waals surface area (Å²) < 4.78 is 5.70. The number of benzene rings is 3. The molecule has 2 heterocycles. The van der Waals surface area contributed by atoms with Gasteiger partial charge in [0.25, 0.3) is 0 Å². The first kappa shape index (κ1) is 23.7. The van der Waals surface area contributed by atoms with Crippen molar-refractivity contribution in [3.05, 3.63) is 95.4 Å². The van der Waals surface area contributed by atoms with Crippen molar-refractivity contribution in [2.24, 2.45) is 0 Å². The molecule has 36 heavy (non-hydrogen) atoms. The molecule has 0 bridgehead atoms. The number of thiazole rings is 2. The number of para-hydroxylation sites is 1. The van der Waals surface area contributed by atoms with E-state index in [1.165, 1.54) is 28.2 Å². The summed E-state index contributed by atoms with van der Waals surface area (Å²) >= 11 is 2.93. The van der Waals surface area contributed by atoms with Crippen molar-refractivity contribution in [3.63, 3.8) is 0 Å². The Morgan fingerprint density at radius 1 is 0.944 bits per heavy atom. The van der Waals surface area contributed by atoms with Gasteiger partial charge in [0.2, 0.25) is 0 Å². The normalized spacial score (nSPS) is 11.0. The van der Waals surface area contributed by atoms with E-state index in [0.29, 0.717) is 33.9 Å². The van der Waals surface area contributed by atoms with Crippen LogP contribution in [-0.2, 0) is 0 Å². The summed E-state index contributed by atoms with van der Waals surface area (Å²) in [6.45, 7) is 4.34. The van der Waals surface area contributed by atoms with Crippen LogP contribution in [0.2, 0.25) is 0 Å². The average molecular weight is 513 g/mol. The Labute approximate surface area is 217 Å². The van der Waals surface area contributed by atoms with Crippen LogP contribution >= 0.6 is 22.7 Å². The maximum absolute atomic E-state index is 12.6. The third kappa shape index (κ3) is 5.15. The second-order valence-corrected chi connectivity index (χ2v) is 10.3. The smallest absolute Gasteiger partial charge is 0.343 e. The van der Waals surface area contributed by atoms with Crippen LogP contribution in [0.1, 0.15) is 35.7 Å². The van der Waals surface area contributed by atoms with Crippen LogP contribution in [0.25, 0.3) is 21.1 Å². The molecule has 0 aliphatic heterocycles. The first-order valence-electron chi connectivity index (χ1n) is 11.4. The van der Waals surface area contributed by atoms with Gasteiger partial charge in [-0.25, -0.2) is 14.8 Å². The van der Waals surface area contributed by atoms with E-state index in [-0.39, 0.29) is 0 Å². The fraction of sp³-hybridized carbons (Fsp3) is 0.107. The molecule has 0 saturated heterocycles. The number of hydrogen-bond donors (Lipinski definition) is 2. The van der Waals surface area contributed by atoms with Crippen LogP contribution < -0.4 is 15.8 Å². The quantitative estimate of drug-likeness (QED) is 0.172. The van der Waals surface area contributed by atoms with Crippen molar-refractivity contribution >= 4 is 45.3 Å². The minimum absolute atomic E-state index is 0.414. The Kier molecular flexibility index (Phi) is 6.79. The molecule has 0 saturated carbocycles. The number of esters is 1. The predicted octanol–water partition coefficient (Wildman–Crippen LogP) is 7.60. The maximum atomic E-state index is 12.6. The second-order valence-electron chi connectivity index (χ2n) is 8.42. The van der Waals surface area contributed by atoms with Crippen molar-refractivity contribution < 1.29 is 9.53 Å². The fourth-order valence-corrected chi connectivity index (χ4v) is 5.44. The van der Waals surface area contributed by atoms with E-state index in [2.05, 4.69) is 36.3 Å². The molecule has 0 atom stereocenters. The van der Waals surface area contributed by atoms with Crippen LogP contribution in [0.15, 0.2) is 84.2 Å². The number of rotatable bonds is 7. The molecule has 3 N–H and O–H groups in total. The number of ether oxygens (including phenoxy) is 1. The first-order valence-corrected chi connectivity index (χ1v) is 13.1. The molecular formula is C28H24N4O2S2. The molecule has 0 radical (unpaired) electrons. The molecule has 2 aromatic heterocycles. The molecule has 6 nitrogen and oxygen atoms in total. The number of nitrogens with two attached hydrogens (primary N) is 1. The minimum Gasteiger partial charge on any atom is -0.422 e.